The highest BCUT2D eigenvalue weighted by molar-refractivity contribution is 5.27. The standard InChI is InChI=1S/C23H33N3O/c24-13-5-14-25-15-17-26(18-16-25)20-22-9-11-23(12-10-22)27-19-4-8-21-6-2-1-3-7-21/h1-3,6-7,9-12H,4-5,8,13-20,24H2. The van der Waals surface area contributed by atoms with Crippen LogP contribution in [0.5, 0.6) is 5.75 Å². The van der Waals surface area contributed by atoms with Gasteiger partial charge in [-0.3, -0.25) is 4.90 Å². The van der Waals surface area contributed by atoms with Crippen molar-refractivity contribution in [3.8, 4) is 5.75 Å². The predicted molar refractivity (Wildman–Crippen MR) is 112 cm³/mol. The first-order valence-electron chi connectivity index (χ1n) is 10.2. The molecule has 1 saturated heterocycles. The summed E-state index contributed by atoms with van der Waals surface area (Å²) >= 11 is 0. The molecule has 4 heteroatoms. The third-order valence-corrected chi connectivity index (χ3v) is 5.19. The number of hydrogen-bond acceptors (Lipinski definition) is 4. The molecule has 3 rings (SSSR count). The molecule has 0 unspecified atom stereocenters. The van der Waals surface area contributed by atoms with Crippen LogP contribution in [0, 0.1) is 0 Å². The molecule has 0 bridgehead atoms. The van der Waals surface area contributed by atoms with E-state index in [1.54, 1.807) is 0 Å². The Kier molecular flexibility index (Phi) is 8.15. The van der Waals surface area contributed by atoms with Gasteiger partial charge in [-0.15, -0.1) is 0 Å². The maximum atomic E-state index is 5.89. The van der Waals surface area contributed by atoms with Crippen LogP contribution in [0.25, 0.3) is 0 Å². The summed E-state index contributed by atoms with van der Waals surface area (Å²) < 4.78 is 5.89. The van der Waals surface area contributed by atoms with Crippen LogP contribution in [-0.2, 0) is 13.0 Å². The first-order valence-corrected chi connectivity index (χ1v) is 10.2. The first kappa shape index (κ1) is 19.9. The topological polar surface area (TPSA) is 41.7 Å². The van der Waals surface area contributed by atoms with Gasteiger partial charge in [0.05, 0.1) is 6.61 Å². The van der Waals surface area contributed by atoms with E-state index < -0.39 is 0 Å². The Bertz CT molecular complexity index is 636. The normalized spacial score (nSPS) is 15.7. The van der Waals surface area contributed by atoms with Crippen molar-refractivity contribution in [3.05, 3.63) is 65.7 Å². The Balaban J connectivity index is 1.34. The number of piperazine rings is 1. The van der Waals surface area contributed by atoms with Crippen LogP contribution in [-0.4, -0.2) is 55.7 Å². The highest BCUT2D eigenvalue weighted by Crippen LogP contribution is 2.15. The lowest BCUT2D eigenvalue weighted by Gasteiger charge is -2.34. The van der Waals surface area contributed by atoms with Gasteiger partial charge in [0.15, 0.2) is 0 Å². The third kappa shape index (κ3) is 6.98. The summed E-state index contributed by atoms with van der Waals surface area (Å²) in [6.07, 6.45) is 3.21. The van der Waals surface area contributed by atoms with Crippen molar-refractivity contribution in [2.24, 2.45) is 5.73 Å². The van der Waals surface area contributed by atoms with Crippen LogP contribution >= 0.6 is 0 Å². The lowest BCUT2D eigenvalue weighted by Crippen LogP contribution is -2.46. The van der Waals surface area contributed by atoms with Crippen molar-refractivity contribution in [2.75, 3.05) is 45.9 Å². The number of hydrogen-bond donors (Lipinski definition) is 1. The molecular formula is C23H33N3O. The number of rotatable bonds is 10. The lowest BCUT2D eigenvalue weighted by molar-refractivity contribution is 0.126. The molecule has 0 aliphatic carbocycles. The van der Waals surface area contributed by atoms with Gasteiger partial charge < -0.3 is 15.4 Å². The van der Waals surface area contributed by atoms with Gasteiger partial charge in [0.1, 0.15) is 5.75 Å². The van der Waals surface area contributed by atoms with E-state index in [0.717, 1.165) is 77.4 Å². The molecule has 2 aromatic carbocycles. The maximum absolute atomic E-state index is 5.89. The number of nitrogens with two attached hydrogens (primary N) is 1. The first-order chi connectivity index (χ1) is 13.3. The Labute approximate surface area is 163 Å². The zero-order valence-electron chi connectivity index (χ0n) is 16.4. The minimum absolute atomic E-state index is 0.763. The van der Waals surface area contributed by atoms with E-state index in [1.165, 1.54) is 11.1 Å². The van der Waals surface area contributed by atoms with Crippen LogP contribution in [0.2, 0.25) is 0 Å². The summed E-state index contributed by atoms with van der Waals surface area (Å²) in [7, 11) is 0. The largest absolute Gasteiger partial charge is 0.494 e. The molecule has 146 valence electrons. The molecule has 1 aliphatic heterocycles. The molecule has 0 spiro atoms. The number of nitrogens with zero attached hydrogens (tertiary/aromatic N) is 2. The van der Waals surface area contributed by atoms with E-state index in [9.17, 15) is 0 Å². The highest BCUT2D eigenvalue weighted by atomic mass is 16.5. The summed E-state index contributed by atoms with van der Waals surface area (Å²) in [6, 6.07) is 19.2. The van der Waals surface area contributed by atoms with Crippen molar-refractivity contribution in [2.45, 2.75) is 25.8 Å². The number of aryl methyl sites for hydroxylation is 1. The summed E-state index contributed by atoms with van der Waals surface area (Å²) in [5.74, 6) is 0.971. The van der Waals surface area contributed by atoms with E-state index in [-0.39, 0.29) is 0 Å². The number of ether oxygens (including phenoxy) is 1. The molecular weight excluding hydrogens is 334 g/mol. The molecule has 1 heterocycles. The van der Waals surface area contributed by atoms with Gasteiger partial charge in [0.25, 0.3) is 0 Å². The molecule has 0 aromatic heterocycles. The van der Waals surface area contributed by atoms with Gasteiger partial charge in [-0.2, -0.15) is 0 Å². The van der Waals surface area contributed by atoms with E-state index >= 15 is 0 Å². The van der Waals surface area contributed by atoms with E-state index in [4.69, 9.17) is 10.5 Å². The van der Waals surface area contributed by atoms with E-state index in [2.05, 4.69) is 64.4 Å². The highest BCUT2D eigenvalue weighted by Gasteiger charge is 2.16. The summed E-state index contributed by atoms with van der Waals surface area (Å²) in [5, 5.41) is 0. The molecule has 0 radical (unpaired) electrons. The third-order valence-electron chi connectivity index (χ3n) is 5.19. The van der Waals surface area contributed by atoms with Crippen molar-refractivity contribution >= 4 is 0 Å². The Morgan fingerprint density at radius 1 is 0.778 bits per heavy atom. The van der Waals surface area contributed by atoms with Crippen LogP contribution < -0.4 is 10.5 Å². The smallest absolute Gasteiger partial charge is 0.119 e. The van der Waals surface area contributed by atoms with Crippen LogP contribution in [0.4, 0.5) is 0 Å². The lowest BCUT2D eigenvalue weighted by atomic mass is 10.1. The molecule has 0 amide bonds. The van der Waals surface area contributed by atoms with Gasteiger partial charge in [0, 0.05) is 32.7 Å². The average molecular weight is 368 g/mol. The molecule has 2 N–H and O–H groups in total. The second-order valence-electron chi connectivity index (χ2n) is 7.34. The van der Waals surface area contributed by atoms with Crippen molar-refractivity contribution < 1.29 is 4.74 Å². The molecule has 27 heavy (non-hydrogen) atoms. The van der Waals surface area contributed by atoms with Crippen LogP contribution in [0.1, 0.15) is 24.0 Å². The van der Waals surface area contributed by atoms with E-state index in [0.29, 0.717) is 0 Å². The van der Waals surface area contributed by atoms with Gasteiger partial charge in [-0.25, -0.2) is 0 Å². The zero-order valence-corrected chi connectivity index (χ0v) is 16.4. The monoisotopic (exact) mass is 367 g/mol. The predicted octanol–water partition coefficient (Wildman–Crippen LogP) is 3.16. The minimum atomic E-state index is 0.763. The second-order valence-corrected chi connectivity index (χ2v) is 7.34. The van der Waals surface area contributed by atoms with Crippen LogP contribution in [0.15, 0.2) is 54.6 Å². The van der Waals surface area contributed by atoms with Gasteiger partial charge in [0.2, 0.25) is 0 Å². The zero-order chi connectivity index (χ0) is 18.7. The average Bonchev–Trinajstić information content (AvgIpc) is 2.73. The fraction of sp³-hybridized carbons (Fsp3) is 0.478. The quantitative estimate of drug-likeness (QED) is 0.655. The van der Waals surface area contributed by atoms with E-state index in [1.807, 2.05) is 0 Å². The summed E-state index contributed by atoms with van der Waals surface area (Å²) in [5.41, 5.74) is 8.34. The molecule has 4 nitrogen and oxygen atoms in total. The molecule has 1 aliphatic rings. The SMILES string of the molecule is NCCCN1CCN(Cc2ccc(OCCCc3ccccc3)cc2)CC1. The van der Waals surface area contributed by atoms with Gasteiger partial charge >= 0.3 is 0 Å². The van der Waals surface area contributed by atoms with Crippen molar-refractivity contribution in [1.29, 1.82) is 0 Å². The van der Waals surface area contributed by atoms with Gasteiger partial charge in [-0.1, -0.05) is 42.5 Å². The minimum Gasteiger partial charge on any atom is -0.494 e. The molecule has 0 saturated carbocycles. The fourth-order valence-electron chi connectivity index (χ4n) is 3.55. The number of benzene rings is 2. The molecule has 2 aromatic rings. The summed E-state index contributed by atoms with van der Waals surface area (Å²) in [4.78, 5) is 5.06. The van der Waals surface area contributed by atoms with Crippen LogP contribution in [0.3, 0.4) is 0 Å². The van der Waals surface area contributed by atoms with Gasteiger partial charge in [-0.05, 0) is 55.6 Å². The Morgan fingerprint density at radius 2 is 1.48 bits per heavy atom. The second kappa shape index (κ2) is 11.1. The fourth-order valence-corrected chi connectivity index (χ4v) is 3.55. The summed E-state index contributed by atoms with van der Waals surface area (Å²) in [6.45, 7) is 8.31. The van der Waals surface area contributed by atoms with Crippen molar-refractivity contribution in [3.63, 3.8) is 0 Å². The molecule has 1 fully saturated rings. The molecule has 0 atom stereocenters. The Morgan fingerprint density at radius 3 is 2.19 bits per heavy atom. The Hall–Kier alpha value is -1.88. The van der Waals surface area contributed by atoms with Crippen molar-refractivity contribution in [1.82, 2.24) is 9.80 Å². The maximum Gasteiger partial charge on any atom is 0.119 e.